The summed E-state index contributed by atoms with van der Waals surface area (Å²) in [6, 6.07) is 14.9. The zero-order chi connectivity index (χ0) is 24.1. The lowest BCUT2D eigenvalue weighted by atomic mass is 9.89. The van der Waals surface area contributed by atoms with Gasteiger partial charge < -0.3 is 9.47 Å². The molecule has 34 heavy (non-hydrogen) atoms. The van der Waals surface area contributed by atoms with E-state index in [2.05, 4.69) is 12.7 Å². The Balaban J connectivity index is 1.51. The number of halogens is 3. The highest BCUT2D eigenvalue weighted by Gasteiger charge is 2.22. The summed E-state index contributed by atoms with van der Waals surface area (Å²) in [6.07, 6.45) is 7.50. The van der Waals surface area contributed by atoms with Crippen molar-refractivity contribution in [2.75, 3.05) is 13.2 Å². The predicted octanol–water partition coefficient (Wildman–Crippen LogP) is 7.84. The summed E-state index contributed by atoms with van der Waals surface area (Å²) in [5.74, 6) is -2.35. The number of rotatable bonds is 7. The fraction of sp³-hybridized carbons (Fsp3) is 0.241. The van der Waals surface area contributed by atoms with Crippen molar-refractivity contribution in [3.05, 3.63) is 102 Å². The Morgan fingerprint density at radius 2 is 1.65 bits per heavy atom. The molecule has 3 aromatic rings. The number of allylic oxidation sites excluding steroid dienone is 1. The van der Waals surface area contributed by atoms with E-state index < -0.39 is 11.6 Å². The van der Waals surface area contributed by atoms with Crippen LogP contribution in [0.4, 0.5) is 13.2 Å². The molecule has 2 atom stereocenters. The SMILES string of the molecule is C=CCOc1ccc(-c2ccc(-c3ccc(C4CCC(C=CC)OC4)cc3F)cc2)c(F)c1F. The fourth-order valence-corrected chi connectivity index (χ4v) is 4.26. The van der Waals surface area contributed by atoms with E-state index in [1.54, 1.807) is 36.4 Å². The molecule has 0 spiro atoms. The second kappa shape index (κ2) is 10.7. The number of hydrogen-bond donors (Lipinski definition) is 0. The maximum absolute atomic E-state index is 15.0. The lowest BCUT2D eigenvalue weighted by Crippen LogP contribution is -2.23. The minimum Gasteiger partial charge on any atom is -0.486 e. The molecule has 0 saturated carbocycles. The van der Waals surface area contributed by atoms with Crippen molar-refractivity contribution in [3.63, 3.8) is 0 Å². The van der Waals surface area contributed by atoms with Crippen LogP contribution < -0.4 is 4.74 Å². The molecule has 176 valence electrons. The molecule has 1 aliphatic heterocycles. The van der Waals surface area contributed by atoms with Gasteiger partial charge in [-0.1, -0.05) is 61.2 Å². The second-order valence-corrected chi connectivity index (χ2v) is 8.33. The molecular formula is C29H27F3O2. The summed E-state index contributed by atoms with van der Waals surface area (Å²) >= 11 is 0. The molecule has 0 bridgehead atoms. The number of benzene rings is 3. The summed E-state index contributed by atoms with van der Waals surface area (Å²) < 4.78 is 54.9. The van der Waals surface area contributed by atoms with Crippen molar-refractivity contribution >= 4 is 0 Å². The second-order valence-electron chi connectivity index (χ2n) is 8.33. The van der Waals surface area contributed by atoms with Crippen LogP contribution in [-0.4, -0.2) is 19.3 Å². The third kappa shape index (κ3) is 5.10. The summed E-state index contributed by atoms with van der Waals surface area (Å²) in [5.41, 5.74) is 2.64. The Morgan fingerprint density at radius 3 is 2.26 bits per heavy atom. The van der Waals surface area contributed by atoms with Gasteiger partial charge in [0.2, 0.25) is 5.82 Å². The van der Waals surface area contributed by atoms with Crippen LogP contribution >= 0.6 is 0 Å². The molecule has 3 aromatic carbocycles. The van der Waals surface area contributed by atoms with Gasteiger partial charge >= 0.3 is 0 Å². The first kappa shape index (κ1) is 23.8. The Morgan fingerprint density at radius 1 is 0.941 bits per heavy atom. The maximum atomic E-state index is 15.0. The number of hydrogen-bond acceptors (Lipinski definition) is 2. The van der Waals surface area contributed by atoms with Crippen LogP contribution in [0.3, 0.4) is 0 Å². The van der Waals surface area contributed by atoms with Gasteiger partial charge in [0.15, 0.2) is 11.6 Å². The van der Waals surface area contributed by atoms with E-state index in [1.165, 1.54) is 18.2 Å². The average molecular weight is 465 g/mol. The number of ether oxygens (including phenoxy) is 2. The fourth-order valence-electron chi connectivity index (χ4n) is 4.26. The van der Waals surface area contributed by atoms with E-state index in [4.69, 9.17) is 9.47 Å². The van der Waals surface area contributed by atoms with Gasteiger partial charge in [-0.25, -0.2) is 8.78 Å². The molecule has 1 fully saturated rings. The van der Waals surface area contributed by atoms with E-state index in [0.29, 0.717) is 23.3 Å². The normalized spacial score (nSPS) is 18.2. The zero-order valence-electron chi connectivity index (χ0n) is 19.1. The molecule has 0 radical (unpaired) electrons. The minimum atomic E-state index is -1.05. The van der Waals surface area contributed by atoms with Gasteiger partial charge in [0.1, 0.15) is 12.4 Å². The molecule has 5 heteroatoms. The minimum absolute atomic E-state index is 0.0826. The van der Waals surface area contributed by atoms with Crippen LogP contribution in [-0.2, 0) is 4.74 Å². The zero-order valence-corrected chi connectivity index (χ0v) is 19.1. The van der Waals surface area contributed by atoms with Crippen molar-refractivity contribution < 1.29 is 22.6 Å². The highest BCUT2D eigenvalue weighted by molar-refractivity contribution is 5.71. The predicted molar refractivity (Wildman–Crippen MR) is 129 cm³/mol. The molecule has 1 saturated heterocycles. The van der Waals surface area contributed by atoms with Crippen molar-refractivity contribution in [1.29, 1.82) is 0 Å². The molecule has 2 unspecified atom stereocenters. The largest absolute Gasteiger partial charge is 0.486 e. The first-order valence-electron chi connectivity index (χ1n) is 11.4. The summed E-state index contributed by atoms with van der Waals surface area (Å²) in [4.78, 5) is 0. The Kier molecular flexibility index (Phi) is 7.53. The molecule has 0 aromatic heterocycles. The molecule has 0 N–H and O–H groups in total. The Hall–Kier alpha value is -3.31. The van der Waals surface area contributed by atoms with Crippen molar-refractivity contribution in [2.24, 2.45) is 0 Å². The molecule has 4 rings (SSSR count). The van der Waals surface area contributed by atoms with Gasteiger partial charge in [0.25, 0.3) is 0 Å². The van der Waals surface area contributed by atoms with Gasteiger partial charge in [0, 0.05) is 17.0 Å². The highest BCUT2D eigenvalue weighted by Crippen LogP contribution is 2.34. The quantitative estimate of drug-likeness (QED) is 0.332. The van der Waals surface area contributed by atoms with Gasteiger partial charge in [-0.2, -0.15) is 4.39 Å². The molecule has 1 heterocycles. The van der Waals surface area contributed by atoms with E-state index in [0.717, 1.165) is 18.4 Å². The topological polar surface area (TPSA) is 18.5 Å². The summed E-state index contributed by atoms with van der Waals surface area (Å²) in [5, 5.41) is 0. The van der Waals surface area contributed by atoms with Crippen LogP contribution in [0.1, 0.15) is 31.2 Å². The highest BCUT2D eigenvalue weighted by atomic mass is 19.2. The van der Waals surface area contributed by atoms with E-state index in [1.807, 2.05) is 19.1 Å². The Labute approximate surface area is 198 Å². The lowest BCUT2D eigenvalue weighted by Gasteiger charge is -2.28. The molecular weight excluding hydrogens is 437 g/mol. The third-order valence-corrected chi connectivity index (χ3v) is 6.09. The third-order valence-electron chi connectivity index (χ3n) is 6.09. The first-order valence-corrected chi connectivity index (χ1v) is 11.4. The average Bonchev–Trinajstić information content (AvgIpc) is 2.86. The lowest BCUT2D eigenvalue weighted by molar-refractivity contribution is 0.0326. The van der Waals surface area contributed by atoms with Crippen LogP contribution in [0.5, 0.6) is 5.75 Å². The van der Waals surface area contributed by atoms with Gasteiger partial charge in [-0.15, -0.1) is 0 Å². The Bertz CT molecular complexity index is 1180. The molecule has 0 amide bonds. The van der Waals surface area contributed by atoms with Crippen molar-refractivity contribution in [2.45, 2.75) is 31.8 Å². The molecule has 0 aliphatic carbocycles. The van der Waals surface area contributed by atoms with Crippen LogP contribution in [0.25, 0.3) is 22.3 Å². The monoisotopic (exact) mass is 464 g/mol. The molecule has 1 aliphatic rings. The van der Waals surface area contributed by atoms with Crippen LogP contribution in [0.15, 0.2) is 79.4 Å². The van der Waals surface area contributed by atoms with Crippen molar-refractivity contribution in [1.82, 2.24) is 0 Å². The van der Waals surface area contributed by atoms with Gasteiger partial charge in [-0.05, 0) is 54.7 Å². The van der Waals surface area contributed by atoms with Crippen LogP contribution in [0.2, 0.25) is 0 Å². The van der Waals surface area contributed by atoms with Gasteiger partial charge in [-0.3, -0.25) is 0 Å². The summed E-state index contributed by atoms with van der Waals surface area (Å²) in [6.45, 7) is 6.12. The van der Waals surface area contributed by atoms with Crippen molar-refractivity contribution in [3.8, 4) is 28.0 Å². The molecule has 2 nitrogen and oxygen atoms in total. The summed E-state index contributed by atoms with van der Waals surface area (Å²) in [7, 11) is 0. The van der Waals surface area contributed by atoms with Gasteiger partial charge in [0.05, 0.1) is 12.7 Å². The van der Waals surface area contributed by atoms with E-state index >= 15 is 0 Å². The smallest absolute Gasteiger partial charge is 0.201 e. The maximum Gasteiger partial charge on any atom is 0.201 e. The standard InChI is InChI=1S/C29H27F3O2/c1-3-5-23-12-10-22(18-34-23)21-11-13-24(26(30)17-21)19-6-8-20(9-7-19)25-14-15-27(33-16-4-2)29(32)28(25)31/h3-9,11,13-15,17,22-23H,2,10,12,16,18H2,1H3. The first-order chi connectivity index (χ1) is 16.5. The van der Waals surface area contributed by atoms with E-state index in [9.17, 15) is 13.2 Å². The van der Waals surface area contributed by atoms with E-state index in [-0.39, 0.29) is 35.8 Å². The van der Waals surface area contributed by atoms with Crippen LogP contribution in [0, 0.1) is 17.5 Å².